The maximum atomic E-state index is 12.1. The molecule has 0 heterocycles. The van der Waals surface area contributed by atoms with Crippen molar-refractivity contribution in [1.29, 1.82) is 0 Å². The lowest BCUT2D eigenvalue weighted by atomic mass is 9.73. The molecule has 0 saturated heterocycles. The maximum absolute atomic E-state index is 12.1. The molecule has 0 aliphatic heterocycles. The molecule has 4 heteroatoms. The predicted octanol–water partition coefficient (Wildman–Crippen LogP) is 4.58. The number of hydrogen-bond donors (Lipinski definition) is 0. The standard InChI is InChI=1S/C13H21ClF2O/c14-11-5-1-9(2-6-11)10-3-7-12(8-4-10)17-13(15)16/h9-13H,1-8H2. The van der Waals surface area contributed by atoms with Crippen LogP contribution in [0.2, 0.25) is 0 Å². The molecule has 0 amide bonds. The van der Waals surface area contributed by atoms with Crippen LogP contribution in [0.15, 0.2) is 0 Å². The van der Waals surface area contributed by atoms with Gasteiger partial charge in [0.15, 0.2) is 0 Å². The average Bonchev–Trinajstić information content (AvgIpc) is 2.30. The number of ether oxygens (including phenoxy) is 1. The first kappa shape index (κ1) is 13.5. The molecule has 0 bridgehead atoms. The lowest BCUT2D eigenvalue weighted by Gasteiger charge is -2.36. The van der Waals surface area contributed by atoms with Crippen LogP contribution in [0.1, 0.15) is 51.4 Å². The van der Waals surface area contributed by atoms with Gasteiger partial charge in [-0.2, -0.15) is 8.78 Å². The Morgan fingerprint density at radius 1 is 0.824 bits per heavy atom. The average molecular weight is 267 g/mol. The highest BCUT2D eigenvalue weighted by Gasteiger charge is 2.31. The highest BCUT2D eigenvalue weighted by atomic mass is 35.5. The van der Waals surface area contributed by atoms with Gasteiger partial charge in [0.2, 0.25) is 0 Å². The van der Waals surface area contributed by atoms with E-state index in [1.54, 1.807) is 0 Å². The van der Waals surface area contributed by atoms with E-state index in [1.165, 1.54) is 12.8 Å². The largest absolute Gasteiger partial charge is 0.345 e. The summed E-state index contributed by atoms with van der Waals surface area (Å²) in [6, 6.07) is 0. The molecule has 0 N–H and O–H groups in total. The first-order chi connectivity index (χ1) is 8.15. The molecule has 0 unspecified atom stereocenters. The molecule has 0 spiro atoms. The Morgan fingerprint density at radius 3 is 1.76 bits per heavy atom. The van der Waals surface area contributed by atoms with E-state index in [0.717, 1.165) is 50.4 Å². The Labute approximate surface area is 107 Å². The Bertz CT molecular complexity index is 221. The van der Waals surface area contributed by atoms with E-state index < -0.39 is 6.61 Å². The van der Waals surface area contributed by atoms with Crippen molar-refractivity contribution in [3.8, 4) is 0 Å². The lowest BCUT2D eigenvalue weighted by molar-refractivity contribution is -0.172. The number of halogens is 3. The fourth-order valence-electron chi connectivity index (χ4n) is 3.39. The van der Waals surface area contributed by atoms with Gasteiger partial charge in [0.05, 0.1) is 6.10 Å². The van der Waals surface area contributed by atoms with Crippen molar-refractivity contribution >= 4 is 11.6 Å². The van der Waals surface area contributed by atoms with Gasteiger partial charge in [0.1, 0.15) is 0 Å². The number of hydrogen-bond acceptors (Lipinski definition) is 1. The molecule has 0 aromatic carbocycles. The van der Waals surface area contributed by atoms with Crippen molar-refractivity contribution in [3.05, 3.63) is 0 Å². The van der Waals surface area contributed by atoms with E-state index >= 15 is 0 Å². The third-order valence-corrected chi connectivity index (χ3v) is 4.82. The van der Waals surface area contributed by atoms with E-state index in [0.29, 0.717) is 5.38 Å². The summed E-state index contributed by atoms with van der Waals surface area (Å²) in [4.78, 5) is 0. The SMILES string of the molecule is FC(F)OC1CCC(C2CCC(Cl)CC2)CC1. The van der Waals surface area contributed by atoms with Crippen molar-refractivity contribution in [3.63, 3.8) is 0 Å². The highest BCUT2D eigenvalue weighted by molar-refractivity contribution is 6.20. The Kier molecular flexibility index (Phi) is 5.04. The summed E-state index contributed by atoms with van der Waals surface area (Å²) in [7, 11) is 0. The molecule has 2 aliphatic carbocycles. The van der Waals surface area contributed by atoms with Crippen LogP contribution in [0.4, 0.5) is 8.78 Å². The van der Waals surface area contributed by atoms with Crippen molar-refractivity contribution in [2.75, 3.05) is 0 Å². The highest BCUT2D eigenvalue weighted by Crippen LogP contribution is 2.40. The topological polar surface area (TPSA) is 9.23 Å². The van der Waals surface area contributed by atoms with Gasteiger partial charge in [-0.3, -0.25) is 0 Å². The van der Waals surface area contributed by atoms with Crippen LogP contribution in [0.5, 0.6) is 0 Å². The molecular formula is C13H21ClF2O. The van der Waals surface area contributed by atoms with Crippen LogP contribution in [-0.4, -0.2) is 18.1 Å². The third-order valence-electron chi connectivity index (χ3n) is 4.38. The summed E-state index contributed by atoms with van der Waals surface area (Å²) in [5.74, 6) is 1.49. The summed E-state index contributed by atoms with van der Waals surface area (Å²) < 4.78 is 28.7. The summed E-state index contributed by atoms with van der Waals surface area (Å²) in [6.07, 6.45) is 8.18. The summed E-state index contributed by atoms with van der Waals surface area (Å²) in [5.41, 5.74) is 0. The molecular weight excluding hydrogens is 246 g/mol. The molecule has 0 atom stereocenters. The molecule has 0 aromatic heterocycles. The van der Waals surface area contributed by atoms with Gasteiger partial charge >= 0.3 is 6.61 Å². The van der Waals surface area contributed by atoms with Crippen molar-refractivity contribution in [2.45, 2.75) is 69.5 Å². The molecule has 0 radical (unpaired) electrons. The second kappa shape index (κ2) is 6.33. The normalized spacial score (nSPS) is 39.5. The van der Waals surface area contributed by atoms with Gasteiger partial charge in [-0.1, -0.05) is 0 Å². The molecule has 2 rings (SSSR count). The first-order valence-electron chi connectivity index (χ1n) is 6.73. The van der Waals surface area contributed by atoms with Gasteiger partial charge < -0.3 is 4.74 Å². The van der Waals surface area contributed by atoms with Gasteiger partial charge in [0, 0.05) is 5.38 Å². The zero-order valence-electron chi connectivity index (χ0n) is 10.1. The van der Waals surface area contributed by atoms with Gasteiger partial charge in [-0.05, 0) is 63.2 Å². The van der Waals surface area contributed by atoms with Crippen molar-refractivity contribution in [1.82, 2.24) is 0 Å². The lowest BCUT2D eigenvalue weighted by Crippen LogP contribution is -2.29. The Hall–Kier alpha value is 0.110. The summed E-state index contributed by atoms with van der Waals surface area (Å²) in [5, 5.41) is 0.366. The fourth-order valence-corrected chi connectivity index (χ4v) is 3.64. The maximum Gasteiger partial charge on any atom is 0.345 e. The number of rotatable bonds is 3. The Morgan fingerprint density at radius 2 is 1.29 bits per heavy atom. The van der Waals surface area contributed by atoms with E-state index in [1.807, 2.05) is 0 Å². The van der Waals surface area contributed by atoms with Gasteiger partial charge in [-0.25, -0.2) is 0 Å². The molecule has 2 saturated carbocycles. The molecule has 17 heavy (non-hydrogen) atoms. The molecule has 0 aromatic rings. The smallest absolute Gasteiger partial charge is 0.320 e. The molecule has 2 fully saturated rings. The molecule has 100 valence electrons. The fraction of sp³-hybridized carbons (Fsp3) is 1.00. The van der Waals surface area contributed by atoms with Crippen LogP contribution in [-0.2, 0) is 4.74 Å². The van der Waals surface area contributed by atoms with E-state index in [2.05, 4.69) is 4.74 Å². The van der Waals surface area contributed by atoms with Crippen LogP contribution >= 0.6 is 11.6 Å². The van der Waals surface area contributed by atoms with Crippen LogP contribution < -0.4 is 0 Å². The Balaban J connectivity index is 1.71. The molecule has 2 aliphatic rings. The van der Waals surface area contributed by atoms with Crippen molar-refractivity contribution in [2.24, 2.45) is 11.8 Å². The first-order valence-corrected chi connectivity index (χ1v) is 7.16. The van der Waals surface area contributed by atoms with E-state index in [9.17, 15) is 8.78 Å². The third kappa shape index (κ3) is 4.06. The van der Waals surface area contributed by atoms with Crippen LogP contribution in [0.25, 0.3) is 0 Å². The van der Waals surface area contributed by atoms with Crippen molar-refractivity contribution < 1.29 is 13.5 Å². The van der Waals surface area contributed by atoms with Gasteiger partial charge in [0.25, 0.3) is 0 Å². The zero-order valence-corrected chi connectivity index (χ0v) is 10.8. The zero-order chi connectivity index (χ0) is 12.3. The van der Waals surface area contributed by atoms with E-state index in [4.69, 9.17) is 11.6 Å². The molecule has 1 nitrogen and oxygen atoms in total. The minimum Gasteiger partial charge on any atom is -0.320 e. The van der Waals surface area contributed by atoms with Crippen LogP contribution in [0, 0.1) is 11.8 Å². The predicted molar refractivity (Wildman–Crippen MR) is 64.4 cm³/mol. The minimum absolute atomic E-state index is 0.212. The summed E-state index contributed by atoms with van der Waals surface area (Å²) in [6.45, 7) is -2.61. The van der Waals surface area contributed by atoms with Crippen LogP contribution in [0.3, 0.4) is 0 Å². The van der Waals surface area contributed by atoms with Gasteiger partial charge in [-0.15, -0.1) is 11.6 Å². The quantitative estimate of drug-likeness (QED) is 0.680. The van der Waals surface area contributed by atoms with E-state index in [-0.39, 0.29) is 6.10 Å². The number of alkyl halides is 3. The second-order valence-electron chi connectivity index (χ2n) is 5.45. The minimum atomic E-state index is -2.61. The monoisotopic (exact) mass is 266 g/mol. The second-order valence-corrected chi connectivity index (χ2v) is 6.06. The summed E-state index contributed by atoms with van der Waals surface area (Å²) >= 11 is 6.10.